The molecule has 0 radical (unpaired) electrons. The summed E-state index contributed by atoms with van der Waals surface area (Å²) < 4.78 is 0. The van der Waals surface area contributed by atoms with Gasteiger partial charge in [0.15, 0.2) is 5.65 Å². The fourth-order valence-electron chi connectivity index (χ4n) is 2.56. The standard InChI is InChI=1S/C13H19N5/c1-2-9-6-15-13-11(8-16-18-13)12(9)17-10-4-3-5-14-7-10/h6,8,10,14H,2-5,7H2,1H3,(H2,15,16,17,18). The second-order valence-electron chi connectivity index (χ2n) is 4.83. The van der Waals surface area contributed by atoms with Crippen LogP contribution in [0.25, 0.3) is 11.0 Å². The zero-order valence-corrected chi connectivity index (χ0v) is 10.7. The SMILES string of the molecule is CCc1cnc2[nH]ncc2c1NC1CCCNC1. The van der Waals surface area contributed by atoms with Gasteiger partial charge < -0.3 is 10.6 Å². The highest BCUT2D eigenvalue weighted by Crippen LogP contribution is 2.26. The van der Waals surface area contributed by atoms with E-state index >= 15 is 0 Å². The van der Waals surface area contributed by atoms with Crippen molar-refractivity contribution in [2.75, 3.05) is 18.4 Å². The van der Waals surface area contributed by atoms with Gasteiger partial charge >= 0.3 is 0 Å². The molecule has 5 nitrogen and oxygen atoms in total. The number of pyridine rings is 1. The van der Waals surface area contributed by atoms with Gasteiger partial charge in [-0.1, -0.05) is 6.92 Å². The minimum absolute atomic E-state index is 0.504. The molecular formula is C13H19N5. The molecule has 0 bridgehead atoms. The van der Waals surface area contributed by atoms with Gasteiger partial charge in [-0.25, -0.2) is 4.98 Å². The second-order valence-corrected chi connectivity index (χ2v) is 4.83. The van der Waals surface area contributed by atoms with Crippen molar-refractivity contribution in [3.8, 4) is 0 Å². The lowest BCUT2D eigenvalue weighted by Crippen LogP contribution is -2.38. The quantitative estimate of drug-likeness (QED) is 0.770. The maximum absolute atomic E-state index is 4.39. The summed E-state index contributed by atoms with van der Waals surface area (Å²) in [4.78, 5) is 4.39. The van der Waals surface area contributed by atoms with Crippen molar-refractivity contribution in [1.29, 1.82) is 0 Å². The summed E-state index contributed by atoms with van der Waals surface area (Å²) >= 11 is 0. The third-order valence-electron chi connectivity index (χ3n) is 3.59. The van der Waals surface area contributed by atoms with E-state index in [4.69, 9.17) is 0 Å². The molecule has 3 rings (SSSR count). The molecule has 3 heterocycles. The van der Waals surface area contributed by atoms with E-state index in [2.05, 4.69) is 32.7 Å². The number of fused-ring (bicyclic) bond motifs is 1. The normalized spacial score (nSPS) is 20.2. The molecule has 2 aromatic rings. The Balaban J connectivity index is 1.94. The molecule has 0 aromatic carbocycles. The maximum Gasteiger partial charge on any atom is 0.157 e. The summed E-state index contributed by atoms with van der Waals surface area (Å²) in [5.74, 6) is 0. The lowest BCUT2D eigenvalue weighted by Gasteiger charge is -2.26. The van der Waals surface area contributed by atoms with Crippen LogP contribution in [0.2, 0.25) is 0 Å². The number of nitrogens with zero attached hydrogens (tertiary/aromatic N) is 2. The van der Waals surface area contributed by atoms with Crippen molar-refractivity contribution in [1.82, 2.24) is 20.5 Å². The molecule has 0 amide bonds. The Bertz CT molecular complexity index is 527. The van der Waals surface area contributed by atoms with Gasteiger partial charge in [0, 0.05) is 18.8 Å². The van der Waals surface area contributed by atoms with E-state index in [1.54, 1.807) is 0 Å². The van der Waals surface area contributed by atoms with Gasteiger partial charge in [-0.2, -0.15) is 5.10 Å². The molecule has 96 valence electrons. The largest absolute Gasteiger partial charge is 0.380 e. The van der Waals surface area contributed by atoms with Crippen LogP contribution in [-0.2, 0) is 6.42 Å². The average Bonchev–Trinajstić information content (AvgIpc) is 2.89. The number of aromatic amines is 1. The third kappa shape index (κ3) is 2.06. The molecule has 1 aliphatic rings. The van der Waals surface area contributed by atoms with Crippen LogP contribution in [0.1, 0.15) is 25.3 Å². The Labute approximate surface area is 106 Å². The van der Waals surface area contributed by atoms with E-state index in [-0.39, 0.29) is 0 Å². The van der Waals surface area contributed by atoms with Crippen LogP contribution in [-0.4, -0.2) is 34.3 Å². The van der Waals surface area contributed by atoms with Crippen molar-refractivity contribution >= 4 is 16.7 Å². The third-order valence-corrected chi connectivity index (χ3v) is 3.59. The first-order valence-electron chi connectivity index (χ1n) is 6.66. The number of nitrogens with one attached hydrogen (secondary N) is 3. The Hall–Kier alpha value is -1.62. The van der Waals surface area contributed by atoms with Gasteiger partial charge in [-0.3, -0.25) is 5.10 Å². The summed E-state index contributed by atoms with van der Waals surface area (Å²) in [6.07, 6.45) is 7.24. The minimum Gasteiger partial charge on any atom is -0.380 e. The van der Waals surface area contributed by atoms with Crippen LogP contribution in [0, 0.1) is 0 Å². The number of hydrogen-bond donors (Lipinski definition) is 3. The molecule has 1 atom stereocenters. The summed E-state index contributed by atoms with van der Waals surface area (Å²) in [5.41, 5.74) is 3.32. The van der Waals surface area contributed by atoms with Gasteiger partial charge in [0.2, 0.25) is 0 Å². The Morgan fingerprint density at radius 2 is 2.39 bits per heavy atom. The van der Waals surface area contributed by atoms with Crippen molar-refractivity contribution in [3.05, 3.63) is 18.0 Å². The molecule has 1 saturated heterocycles. The highest BCUT2D eigenvalue weighted by Gasteiger charge is 2.16. The Morgan fingerprint density at radius 1 is 1.44 bits per heavy atom. The molecule has 18 heavy (non-hydrogen) atoms. The van der Waals surface area contributed by atoms with Crippen molar-refractivity contribution in [2.24, 2.45) is 0 Å². The number of rotatable bonds is 3. The Morgan fingerprint density at radius 3 is 3.17 bits per heavy atom. The molecule has 1 fully saturated rings. The van der Waals surface area contributed by atoms with Gasteiger partial charge in [0.1, 0.15) is 0 Å². The zero-order chi connectivity index (χ0) is 12.4. The van der Waals surface area contributed by atoms with Crippen LogP contribution in [0.3, 0.4) is 0 Å². The van der Waals surface area contributed by atoms with Crippen LogP contribution < -0.4 is 10.6 Å². The van der Waals surface area contributed by atoms with Gasteiger partial charge in [0.25, 0.3) is 0 Å². The lowest BCUT2D eigenvalue weighted by atomic mass is 10.1. The van der Waals surface area contributed by atoms with Crippen LogP contribution in [0.4, 0.5) is 5.69 Å². The van der Waals surface area contributed by atoms with Crippen LogP contribution >= 0.6 is 0 Å². The van der Waals surface area contributed by atoms with Crippen LogP contribution in [0.15, 0.2) is 12.4 Å². The van der Waals surface area contributed by atoms with Gasteiger partial charge in [0.05, 0.1) is 17.3 Å². The molecule has 1 aliphatic heterocycles. The molecule has 5 heteroatoms. The average molecular weight is 245 g/mol. The first-order chi connectivity index (χ1) is 8.88. The predicted octanol–water partition coefficient (Wildman–Crippen LogP) is 1.68. The topological polar surface area (TPSA) is 65.6 Å². The monoisotopic (exact) mass is 245 g/mol. The van der Waals surface area contributed by atoms with E-state index in [0.717, 1.165) is 30.5 Å². The summed E-state index contributed by atoms with van der Waals surface area (Å²) in [6, 6.07) is 0.504. The summed E-state index contributed by atoms with van der Waals surface area (Å²) in [6.45, 7) is 4.33. The molecular weight excluding hydrogens is 226 g/mol. The number of aryl methyl sites for hydroxylation is 1. The number of aromatic nitrogens is 3. The zero-order valence-electron chi connectivity index (χ0n) is 10.7. The van der Waals surface area contributed by atoms with Crippen molar-refractivity contribution in [3.63, 3.8) is 0 Å². The Kier molecular flexibility index (Phi) is 3.15. The first-order valence-corrected chi connectivity index (χ1v) is 6.66. The van der Waals surface area contributed by atoms with E-state index < -0.39 is 0 Å². The number of anilines is 1. The minimum atomic E-state index is 0.504. The molecule has 0 spiro atoms. The number of piperidine rings is 1. The van der Waals surface area contributed by atoms with Crippen molar-refractivity contribution in [2.45, 2.75) is 32.2 Å². The lowest BCUT2D eigenvalue weighted by molar-refractivity contribution is 0.480. The van der Waals surface area contributed by atoms with Gasteiger partial charge in [-0.15, -0.1) is 0 Å². The summed E-state index contributed by atoms with van der Waals surface area (Å²) in [7, 11) is 0. The summed E-state index contributed by atoms with van der Waals surface area (Å²) in [5, 5.41) is 15.2. The smallest absolute Gasteiger partial charge is 0.157 e. The molecule has 0 saturated carbocycles. The second kappa shape index (κ2) is 4.94. The fraction of sp³-hybridized carbons (Fsp3) is 0.538. The number of H-pyrrole nitrogens is 1. The predicted molar refractivity (Wildman–Crippen MR) is 72.8 cm³/mol. The maximum atomic E-state index is 4.39. The molecule has 2 aromatic heterocycles. The highest BCUT2D eigenvalue weighted by molar-refractivity contribution is 5.90. The van der Waals surface area contributed by atoms with Crippen LogP contribution in [0.5, 0.6) is 0 Å². The van der Waals surface area contributed by atoms with E-state index in [1.807, 2.05) is 12.4 Å². The van der Waals surface area contributed by atoms with E-state index in [9.17, 15) is 0 Å². The highest BCUT2D eigenvalue weighted by atomic mass is 15.1. The molecule has 3 N–H and O–H groups in total. The number of hydrogen-bond acceptors (Lipinski definition) is 4. The first kappa shape index (κ1) is 11.5. The van der Waals surface area contributed by atoms with E-state index in [0.29, 0.717) is 6.04 Å². The fourth-order valence-corrected chi connectivity index (χ4v) is 2.56. The van der Waals surface area contributed by atoms with Crippen molar-refractivity contribution < 1.29 is 0 Å². The molecule has 1 unspecified atom stereocenters. The molecule has 0 aliphatic carbocycles. The van der Waals surface area contributed by atoms with E-state index in [1.165, 1.54) is 24.1 Å². The van der Waals surface area contributed by atoms with Gasteiger partial charge in [-0.05, 0) is 31.4 Å².